The number of aromatic nitrogens is 3. The number of hydrogen-bond acceptors (Lipinski definition) is 8. The van der Waals surface area contributed by atoms with Crippen LogP contribution in [0.4, 0.5) is 5.95 Å². The number of esters is 1. The summed E-state index contributed by atoms with van der Waals surface area (Å²) < 4.78 is 22.9. The zero-order chi connectivity index (χ0) is 18.8. The lowest BCUT2D eigenvalue weighted by atomic mass is 9.94. The first-order chi connectivity index (χ1) is 12.5. The fourth-order valence-electron chi connectivity index (χ4n) is 3.02. The lowest BCUT2D eigenvalue weighted by molar-refractivity contribution is -0.136. The van der Waals surface area contributed by atoms with Gasteiger partial charge >= 0.3 is 5.97 Å². The van der Waals surface area contributed by atoms with Crippen LogP contribution in [0.2, 0.25) is 0 Å². The van der Waals surface area contributed by atoms with E-state index in [0.717, 1.165) is 0 Å². The fraction of sp³-hybridized carbons (Fsp3) is 0.353. The molecule has 26 heavy (non-hydrogen) atoms. The van der Waals surface area contributed by atoms with Crippen molar-refractivity contribution in [3.63, 3.8) is 0 Å². The van der Waals surface area contributed by atoms with E-state index in [0.29, 0.717) is 40.0 Å². The number of nitrogens with zero attached hydrogens (tertiary/aromatic N) is 3. The number of hydrogen-bond donors (Lipinski definition) is 1. The second-order valence-corrected chi connectivity index (χ2v) is 5.54. The molecule has 1 atom stereocenters. The van der Waals surface area contributed by atoms with Crippen molar-refractivity contribution in [2.45, 2.75) is 13.0 Å². The number of ether oxygens (including phenoxy) is 4. The van der Waals surface area contributed by atoms with E-state index in [9.17, 15) is 4.79 Å². The van der Waals surface area contributed by atoms with E-state index in [1.807, 2.05) is 0 Å². The summed E-state index contributed by atoms with van der Waals surface area (Å²) in [5.74, 6) is 1.58. The summed E-state index contributed by atoms with van der Waals surface area (Å²) in [6.45, 7) is 1.78. The van der Waals surface area contributed by atoms with Crippen LogP contribution in [-0.2, 0) is 9.53 Å². The summed E-state index contributed by atoms with van der Waals surface area (Å²) in [6, 6.07) is 2.86. The molecule has 1 N–H and O–H groups in total. The number of methoxy groups -OCH3 is 4. The monoisotopic (exact) mass is 360 g/mol. The molecule has 2 aromatic rings. The van der Waals surface area contributed by atoms with Crippen molar-refractivity contribution >= 4 is 11.9 Å². The zero-order valence-corrected chi connectivity index (χ0v) is 15.2. The van der Waals surface area contributed by atoms with Gasteiger partial charge in [-0.2, -0.15) is 10.1 Å². The minimum absolute atomic E-state index is 0.399. The Kier molecular flexibility index (Phi) is 4.70. The van der Waals surface area contributed by atoms with Gasteiger partial charge in [-0.05, 0) is 13.0 Å². The highest BCUT2D eigenvalue weighted by Gasteiger charge is 2.36. The van der Waals surface area contributed by atoms with Crippen LogP contribution in [0, 0.1) is 0 Å². The molecule has 1 unspecified atom stereocenters. The second kappa shape index (κ2) is 6.95. The van der Waals surface area contributed by atoms with Crippen molar-refractivity contribution < 1.29 is 23.7 Å². The summed E-state index contributed by atoms with van der Waals surface area (Å²) in [5.41, 5.74) is 1.69. The van der Waals surface area contributed by atoms with Gasteiger partial charge in [-0.25, -0.2) is 9.48 Å². The summed E-state index contributed by atoms with van der Waals surface area (Å²) >= 11 is 0. The number of rotatable bonds is 5. The van der Waals surface area contributed by atoms with E-state index < -0.39 is 12.0 Å². The topological polar surface area (TPSA) is 96.7 Å². The first kappa shape index (κ1) is 17.6. The van der Waals surface area contributed by atoms with Gasteiger partial charge in [-0.15, -0.1) is 0 Å². The van der Waals surface area contributed by atoms with E-state index >= 15 is 0 Å². The van der Waals surface area contributed by atoms with Crippen molar-refractivity contribution in [3.8, 4) is 17.2 Å². The van der Waals surface area contributed by atoms with Crippen molar-refractivity contribution in [2.24, 2.45) is 0 Å². The maximum atomic E-state index is 12.5. The molecule has 0 fully saturated rings. The molecule has 0 aliphatic carbocycles. The van der Waals surface area contributed by atoms with E-state index in [4.69, 9.17) is 18.9 Å². The van der Waals surface area contributed by atoms with Gasteiger partial charge in [0.05, 0.1) is 34.0 Å². The predicted octanol–water partition coefficient (Wildman–Crippen LogP) is 1.77. The summed E-state index contributed by atoms with van der Waals surface area (Å²) in [7, 11) is 5.96. The fourth-order valence-corrected chi connectivity index (χ4v) is 3.02. The maximum Gasteiger partial charge on any atom is 0.338 e. The number of carbonyl (C=O) groups excluding carboxylic acids is 1. The van der Waals surface area contributed by atoms with Crippen LogP contribution >= 0.6 is 0 Å². The molecule has 138 valence electrons. The first-order valence-corrected chi connectivity index (χ1v) is 7.81. The molecular formula is C17H20N4O5. The molecule has 1 aromatic heterocycles. The molecule has 0 amide bonds. The van der Waals surface area contributed by atoms with Crippen molar-refractivity contribution in [2.75, 3.05) is 33.8 Å². The third kappa shape index (κ3) is 2.71. The van der Waals surface area contributed by atoms with Crippen LogP contribution in [0.3, 0.4) is 0 Å². The van der Waals surface area contributed by atoms with Crippen LogP contribution in [-0.4, -0.2) is 49.2 Å². The maximum absolute atomic E-state index is 12.5. The van der Waals surface area contributed by atoms with Crippen molar-refractivity contribution in [1.82, 2.24) is 14.8 Å². The molecule has 3 rings (SSSR count). The molecule has 2 heterocycles. The SMILES string of the molecule is COC(=O)C1=C(C)Nc2ncnn2C1c1cc(OC)c(OC)cc1OC. The van der Waals surface area contributed by atoms with Gasteiger partial charge in [0.15, 0.2) is 11.5 Å². The van der Waals surface area contributed by atoms with E-state index in [-0.39, 0.29) is 0 Å². The number of benzene rings is 1. The van der Waals surface area contributed by atoms with Crippen molar-refractivity contribution in [3.05, 3.63) is 35.3 Å². The second-order valence-electron chi connectivity index (χ2n) is 5.54. The quantitative estimate of drug-likeness (QED) is 0.806. The number of anilines is 1. The van der Waals surface area contributed by atoms with E-state index in [1.54, 1.807) is 45.1 Å². The Balaban J connectivity index is 2.27. The highest BCUT2D eigenvalue weighted by atomic mass is 16.5. The summed E-state index contributed by atoms with van der Waals surface area (Å²) in [6.07, 6.45) is 1.41. The summed E-state index contributed by atoms with van der Waals surface area (Å²) in [5, 5.41) is 7.33. The third-order valence-electron chi connectivity index (χ3n) is 4.23. The van der Waals surface area contributed by atoms with Crippen LogP contribution in [0.1, 0.15) is 18.5 Å². The number of nitrogens with one attached hydrogen (secondary N) is 1. The third-order valence-corrected chi connectivity index (χ3v) is 4.23. The normalized spacial score (nSPS) is 15.8. The highest BCUT2D eigenvalue weighted by Crippen LogP contribution is 2.43. The van der Waals surface area contributed by atoms with Gasteiger partial charge < -0.3 is 24.3 Å². The average Bonchev–Trinajstić information content (AvgIpc) is 3.13. The van der Waals surface area contributed by atoms with Crippen LogP contribution in [0.15, 0.2) is 29.7 Å². The Labute approximate surface area is 150 Å². The Morgan fingerprint density at radius 2 is 1.73 bits per heavy atom. The van der Waals surface area contributed by atoms with Crippen molar-refractivity contribution in [1.29, 1.82) is 0 Å². The molecule has 9 heteroatoms. The minimum Gasteiger partial charge on any atom is -0.496 e. The van der Waals surface area contributed by atoms with E-state index in [2.05, 4.69) is 15.4 Å². The molecule has 0 saturated heterocycles. The Hall–Kier alpha value is -3.23. The highest BCUT2D eigenvalue weighted by molar-refractivity contribution is 5.92. The zero-order valence-electron chi connectivity index (χ0n) is 15.2. The van der Waals surface area contributed by atoms with Gasteiger partial charge in [0.2, 0.25) is 5.95 Å². The Morgan fingerprint density at radius 1 is 1.08 bits per heavy atom. The van der Waals surface area contributed by atoms with Gasteiger partial charge in [-0.3, -0.25) is 0 Å². The average molecular weight is 360 g/mol. The number of allylic oxidation sites excluding steroid dienone is 1. The van der Waals surface area contributed by atoms with Gasteiger partial charge in [0.25, 0.3) is 0 Å². The lowest BCUT2D eigenvalue weighted by Gasteiger charge is -2.29. The molecular weight excluding hydrogens is 340 g/mol. The molecule has 0 radical (unpaired) electrons. The summed E-state index contributed by atoms with van der Waals surface area (Å²) in [4.78, 5) is 16.7. The Morgan fingerprint density at radius 3 is 2.35 bits per heavy atom. The minimum atomic E-state index is -0.601. The van der Waals surface area contributed by atoms with Crippen LogP contribution in [0.5, 0.6) is 17.2 Å². The first-order valence-electron chi connectivity index (χ1n) is 7.81. The number of fused-ring (bicyclic) bond motifs is 1. The molecule has 9 nitrogen and oxygen atoms in total. The molecule has 0 spiro atoms. The van der Waals surface area contributed by atoms with Gasteiger partial charge in [-0.1, -0.05) is 0 Å². The largest absolute Gasteiger partial charge is 0.496 e. The lowest BCUT2D eigenvalue weighted by Crippen LogP contribution is -2.29. The Bertz CT molecular complexity index is 874. The predicted molar refractivity (Wildman–Crippen MR) is 92.6 cm³/mol. The van der Waals surface area contributed by atoms with Gasteiger partial charge in [0.1, 0.15) is 18.1 Å². The standard InChI is InChI=1S/C17H20N4O5/c1-9-14(16(22)26-5)15(21-17(20-9)18-8-19-21)10-6-12(24-3)13(25-4)7-11(10)23-2/h6-8,15H,1-5H3,(H,18,19,20). The molecule has 0 bridgehead atoms. The van der Waals surface area contributed by atoms with Crippen LogP contribution < -0.4 is 19.5 Å². The molecule has 1 aliphatic heterocycles. The molecule has 1 aromatic carbocycles. The molecule has 0 saturated carbocycles. The smallest absolute Gasteiger partial charge is 0.338 e. The van der Waals surface area contributed by atoms with Gasteiger partial charge in [0, 0.05) is 17.3 Å². The van der Waals surface area contributed by atoms with Crippen LogP contribution in [0.25, 0.3) is 0 Å². The molecule has 1 aliphatic rings. The van der Waals surface area contributed by atoms with E-state index in [1.165, 1.54) is 13.4 Å². The number of carbonyl (C=O) groups is 1.